The third-order valence-corrected chi connectivity index (χ3v) is 2.23. The Kier molecular flexibility index (Phi) is 3.92. The smallest absolute Gasteiger partial charge is 0.371 e. The van der Waals surface area contributed by atoms with Crippen LogP contribution in [0.4, 0.5) is 0 Å². The van der Waals surface area contributed by atoms with Crippen LogP contribution in [0.15, 0.2) is 5.16 Å². The standard InChI is InChI=1S/C9H12N2O3/c10-6-8(11-13)9(12)14-7-4-2-1-3-5-7/h7,13H,1-5H2. The number of hydrogen-bond donors (Lipinski definition) is 1. The summed E-state index contributed by atoms with van der Waals surface area (Å²) in [5.74, 6) is -0.832. The van der Waals surface area contributed by atoms with Gasteiger partial charge < -0.3 is 9.94 Å². The summed E-state index contributed by atoms with van der Waals surface area (Å²) in [4.78, 5) is 11.1. The van der Waals surface area contributed by atoms with Gasteiger partial charge in [0.2, 0.25) is 0 Å². The van der Waals surface area contributed by atoms with Crippen LogP contribution in [0.5, 0.6) is 0 Å². The topological polar surface area (TPSA) is 82.7 Å². The Bertz CT molecular complexity index is 274. The van der Waals surface area contributed by atoms with Gasteiger partial charge in [0.25, 0.3) is 5.71 Å². The molecule has 0 atom stereocenters. The second kappa shape index (κ2) is 5.22. The zero-order valence-corrected chi connectivity index (χ0v) is 7.77. The van der Waals surface area contributed by atoms with Gasteiger partial charge in [-0.1, -0.05) is 11.6 Å². The molecule has 5 heteroatoms. The van der Waals surface area contributed by atoms with Gasteiger partial charge in [-0.3, -0.25) is 0 Å². The molecule has 0 aromatic rings. The molecule has 1 aliphatic carbocycles. The highest BCUT2D eigenvalue weighted by atomic mass is 16.5. The lowest BCUT2D eigenvalue weighted by Gasteiger charge is -2.20. The van der Waals surface area contributed by atoms with E-state index in [4.69, 9.17) is 15.2 Å². The molecule has 0 radical (unpaired) electrons. The van der Waals surface area contributed by atoms with Crippen LogP contribution < -0.4 is 0 Å². The summed E-state index contributed by atoms with van der Waals surface area (Å²) in [7, 11) is 0. The fourth-order valence-electron chi connectivity index (χ4n) is 1.50. The summed E-state index contributed by atoms with van der Waals surface area (Å²) >= 11 is 0. The number of carbonyl (C=O) groups excluding carboxylic acids is 1. The highest BCUT2D eigenvalue weighted by molar-refractivity contribution is 6.42. The van der Waals surface area contributed by atoms with E-state index in [1.54, 1.807) is 0 Å². The first-order valence-electron chi connectivity index (χ1n) is 4.61. The molecular formula is C9H12N2O3. The molecular weight excluding hydrogens is 184 g/mol. The van der Waals surface area contributed by atoms with Crippen molar-refractivity contribution >= 4 is 11.7 Å². The maximum Gasteiger partial charge on any atom is 0.371 e. The third kappa shape index (κ3) is 2.73. The van der Waals surface area contributed by atoms with Gasteiger partial charge in [0.1, 0.15) is 12.2 Å². The molecule has 5 nitrogen and oxygen atoms in total. The van der Waals surface area contributed by atoms with E-state index in [0.29, 0.717) is 0 Å². The molecule has 1 fully saturated rings. The molecule has 0 amide bonds. The number of rotatable bonds is 2. The minimum atomic E-state index is -0.832. The molecule has 1 N–H and O–H groups in total. The fourth-order valence-corrected chi connectivity index (χ4v) is 1.50. The van der Waals surface area contributed by atoms with E-state index in [9.17, 15) is 4.79 Å². The summed E-state index contributed by atoms with van der Waals surface area (Å²) in [5.41, 5.74) is -0.587. The minimum absolute atomic E-state index is 0.124. The van der Waals surface area contributed by atoms with Gasteiger partial charge in [-0.15, -0.1) is 0 Å². The van der Waals surface area contributed by atoms with Gasteiger partial charge >= 0.3 is 5.97 Å². The van der Waals surface area contributed by atoms with Crippen LogP contribution in [0.1, 0.15) is 32.1 Å². The highest BCUT2D eigenvalue weighted by Crippen LogP contribution is 2.20. The second-order valence-electron chi connectivity index (χ2n) is 3.23. The van der Waals surface area contributed by atoms with E-state index in [1.165, 1.54) is 6.07 Å². The molecule has 1 rings (SSSR count). The second-order valence-corrected chi connectivity index (χ2v) is 3.23. The van der Waals surface area contributed by atoms with Crippen molar-refractivity contribution in [1.82, 2.24) is 0 Å². The number of nitriles is 1. The SMILES string of the molecule is N#CC(=NO)C(=O)OC1CCCCC1. The van der Waals surface area contributed by atoms with Crippen molar-refractivity contribution in [2.24, 2.45) is 5.16 Å². The Morgan fingerprint density at radius 2 is 2.07 bits per heavy atom. The van der Waals surface area contributed by atoms with Crippen LogP contribution in [-0.4, -0.2) is 23.0 Å². The lowest BCUT2D eigenvalue weighted by molar-refractivity contribution is -0.142. The molecule has 1 aliphatic rings. The molecule has 1 saturated carbocycles. The molecule has 0 bridgehead atoms. The molecule has 0 aliphatic heterocycles. The van der Waals surface area contributed by atoms with E-state index in [1.807, 2.05) is 0 Å². The Hall–Kier alpha value is -1.57. The van der Waals surface area contributed by atoms with E-state index >= 15 is 0 Å². The summed E-state index contributed by atoms with van der Waals surface area (Å²) in [5, 5.41) is 19.2. The third-order valence-electron chi connectivity index (χ3n) is 2.23. The Labute approximate surface area is 82.0 Å². The van der Waals surface area contributed by atoms with Crippen molar-refractivity contribution in [3.8, 4) is 6.07 Å². The van der Waals surface area contributed by atoms with Crippen LogP contribution in [0.3, 0.4) is 0 Å². The van der Waals surface area contributed by atoms with Crippen molar-refractivity contribution in [1.29, 1.82) is 5.26 Å². The molecule has 0 saturated heterocycles. The number of carbonyl (C=O) groups is 1. The predicted octanol–water partition coefficient (Wildman–Crippen LogP) is 1.22. The fraction of sp³-hybridized carbons (Fsp3) is 0.667. The maximum atomic E-state index is 11.1. The number of ether oxygens (including phenoxy) is 1. The Morgan fingerprint density at radius 1 is 1.43 bits per heavy atom. The van der Waals surface area contributed by atoms with Gasteiger partial charge in [0.15, 0.2) is 0 Å². The highest BCUT2D eigenvalue weighted by Gasteiger charge is 2.21. The largest absolute Gasteiger partial charge is 0.457 e. The van der Waals surface area contributed by atoms with E-state index in [0.717, 1.165) is 32.1 Å². The summed E-state index contributed by atoms with van der Waals surface area (Å²) in [6, 6.07) is 1.47. The predicted molar refractivity (Wildman–Crippen MR) is 47.8 cm³/mol. The summed E-state index contributed by atoms with van der Waals surface area (Å²) in [6.45, 7) is 0. The first-order valence-corrected chi connectivity index (χ1v) is 4.61. The van der Waals surface area contributed by atoms with Gasteiger partial charge in [0, 0.05) is 0 Å². The monoisotopic (exact) mass is 196 g/mol. The van der Waals surface area contributed by atoms with Crippen LogP contribution in [0, 0.1) is 11.3 Å². The minimum Gasteiger partial charge on any atom is -0.457 e. The summed E-state index contributed by atoms with van der Waals surface area (Å²) in [6.07, 6.45) is 4.77. The van der Waals surface area contributed by atoms with Crippen molar-refractivity contribution in [2.45, 2.75) is 38.2 Å². The van der Waals surface area contributed by atoms with Crippen LogP contribution in [-0.2, 0) is 9.53 Å². The number of esters is 1. The number of hydrogen-bond acceptors (Lipinski definition) is 5. The van der Waals surface area contributed by atoms with E-state index in [2.05, 4.69) is 5.16 Å². The van der Waals surface area contributed by atoms with E-state index in [-0.39, 0.29) is 6.10 Å². The molecule has 0 unspecified atom stereocenters. The van der Waals surface area contributed by atoms with Crippen molar-refractivity contribution in [3.05, 3.63) is 0 Å². The first kappa shape index (κ1) is 10.5. The molecule has 0 aromatic carbocycles. The van der Waals surface area contributed by atoms with Gasteiger partial charge in [-0.25, -0.2) is 4.79 Å². The first-order chi connectivity index (χ1) is 6.77. The molecule has 0 aromatic heterocycles. The van der Waals surface area contributed by atoms with Crippen molar-refractivity contribution < 1.29 is 14.7 Å². The number of nitrogens with zero attached hydrogens (tertiary/aromatic N) is 2. The van der Waals surface area contributed by atoms with E-state index < -0.39 is 11.7 Å². The number of oxime groups is 1. The van der Waals surface area contributed by atoms with Gasteiger partial charge in [-0.2, -0.15) is 5.26 Å². The normalized spacial score (nSPS) is 18.6. The van der Waals surface area contributed by atoms with Gasteiger partial charge in [0.05, 0.1) is 0 Å². The molecule has 0 spiro atoms. The lowest BCUT2D eigenvalue weighted by Crippen LogP contribution is -2.25. The zero-order valence-electron chi connectivity index (χ0n) is 7.77. The van der Waals surface area contributed by atoms with Gasteiger partial charge in [-0.05, 0) is 25.7 Å². The van der Waals surface area contributed by atoms with Crippen LogP contribution in [0.25, 0.3) is 0 Å². The molecule has 14 heavy (non-hydrogen) atoms. The lowest BCUT2D eigenvalue weighted by atomic mass is 9.98. The van der Waals surface area contributed by atoms with Crippen LogP contribution in [0.2, 0.25) is 0 Å². The summed E-state index contributed by atoms with van der Waals surface area (Å²) < 4.78 is 4.98. The Balaban J connectivity index is 2.43. The zero-order chi connectivity index (χ0) is 10.4. The molecule has 76 valence electrons. The van der Waals surface area contributed by atoms with Crippen molar-refractivity contribution in [2.75, 3.05) is 0 Å². The Morgan fingerprint density at radius 3 is 2.57 bits per heavy atom. The van der Waals surface area contributed by atoms with Crippen LogP contribution >= 0.6 is 0 Å². The molecule has 0 heterocycles. The quantitative estimate of drug-likeness (QED) is 0.311. The average Bonchev–Trinajstić information content (AvgIpc) is 2.21. The maximum absolute atomic E-state index is 11.1. The van der Waals surface area contributed by atoms with Crippen molar-refractivity contribution in [3.63, 3.8) is 0 Å². The average molecular weight is 196 g/mol.